The highest BCUT2D eigenvalue weighted by atomic mass is 127. The number of hydrogen-bond donors (Lipinski definition) is 2. The molecule has 3 fully saturated rings. The van der Waals surface area contributed by atoms with Crippen LogP contribution in [0, 0.1) is 0 Å². The van der Waals surface area contributed by atoms with E-state index in [1.807, 2.05) is 0 Å². The van der Waals surface area contributed by atoms with E-state index in [9.17, 15) is 0 Å². The molecular formula is C18H35IN4O. The molecule has 0 spiro atoms. The van der Waals surface area contributed by atoms with Crippen LogP contribution in [0.2, 0.25) is 0 Å². The van der Waals surface area contributed by atoms with E-state index in [0.717, 1.165) is 25.5 Å². The van der Waals surface area contributed by atoms with Crippen LogP contribution in [0.1, 0.15) is 58.3 Å². The molecule has 2 saturated heterocycles. The lowest BCUT2D eigenvalue weighted by Crippen LogP contribution is -2.51. The summed E-state index contributed by atoms with van der Waals surface area (Å²) >= 11 is 0. The van der Waals surface area contributed by atoms with Crippen LogP contribution in [-0.4, -0.2) is 61.8 Å². The van der Waals surface area contributed by atoms with Crippen molar-refractivity contribution in [3.8, 4) is 0 Å². The minimum absolute atomic E-state index is 0. The molecule has 0 amide bonds. The Hall–Kier alpha value is -0.0800. The van der Waals surface area contributed by atoms with Crippen LogP contribution in [0.25, 0.3) is 0 Å². The standard InChI is InChI=1S/C18H34N4O.HI/c1-4-19-17(21-15-12-14-8-9-16(15)23-14)20-13-18(22(2)3)10-6-5-7-11-18;/h14-16H,4-13H2,1-3H3,(H2,19,20,21);1H. The Balaban J connectivity index is 0.00000208. The van der Waals surface area contributed by atoms with E-state index in [0.29, 0.717) is 18.2 Å². The normalized spacial score (nSPS) is 31.8. The van der Waals surface area contributed by atoms with E-state index >= 15 is 0 Å². The van der Waals surface area contributed by atoms with Crippen molar-refractivity contribution in [2.24, 2.45) is 4.99 Å². The Morgan fingerprint density at radius 1 is 1.21 bits per heavy atom. The van der Waals surface area contributed by atoms with Crippen LogP contribution >= 0.6 is 24.0 Å². The Bertz CT molecular complexity index is 423. The third-order valence-corrected chi connectivity index (χ3v) is 6.04. The van der Waals surface area contributed by atoms with Crippen LogP contribution in [-0.2, 0) is 4.74 Å². The molecule has 6 heteroatoms. The third-order valence-electron chi connectivity index (χ3n) is 6.04. The van der Waals surface area contributed by atoms with Crippen molar-refractivity contribution >= 4 is 29.9 Å². The third kappa shape index (κ3) is 4.55. The predicted molar refractivity (Wildman–Crippen MR) is 110 cm³/mol. The number of ether oxygens (including phenoxy) is 1. The average molecular weight is 450 g/mol. The van der Waals surface area contributed by atoms with Crippen molar-refractivity contribution in [2.45, 2.75) is 82.1 Å². The molecule has 5 nitrogen and oxygen atoms in total. The summed E-state index contributed by atoms with van der Waals surface area (Å²) < 4.78 is 5.96. The summed E-state index contributed by atoms with van der Waals surface area (Å²) in [6.07, 6.45) is 11.0. The fourth-order valence-corrected chi connectivity index (χ4v) is 4.47. The molecule has 3 atom stereocenters. The summed E-state index contributed by atoms with van der Waals surface area (Å²) in [6.45, 7) is 3.93. The van der Waals surface area contributed by atoms with Crippen molar-refractivity contribution in [1.82, 2.24) is 15.5 Å². The number of rotatable bonds is 5. The van der Waals surface area contributed by atoms with Gasteiger partial charge in [0.2, 0.25) is 0 Å². The summed E-state index contributed by atoms with van der Waals surface area (Å²) in [5, 5.41) is 7.07. The van der Waals surface area contributed by atoms with Gasteiger partial charge in [-0.1, -0.05) is 19.3 Å². The molecule has 1 saturated carbocycles. The number of halogens is 1. The van der Waals surface area contributed by atoms with Gasteiger partial charge in [0.1, 0.15) is 0 Å². The molecule has 3 aliphatic rings. The second-order valence-corrected chi connectivity index (χ2v) is 7.74. The summed E-state index contributed by atoms with van der Waals surface area (Å²) in [6, 6.07) is 0.438. The highest BCUT2D eigenvalue weighted by Crippen LogP contribution is 2.34. The average Bonchev–Trinajstić information content (AvgIpc) is 3.16. The minimum Gasteiger partial charge on any atom is -0.373 e. The molecular weight excluding hydrogens is 415 g/mol. The second-order valence-electron chi connectivity index (χ2n) is 7.74. The number of aliphatic imine (C=N–C) groups is 1. The van der Waals surface area contributed by atoms with Crippen LogP contribution in [0.5, 0.6) is 0 Å². The molecule has 140 valence electrons. The molecule has 2 heterocycles. The number of hydrogen-bond acceptors (Lipinski definition) is 3. The number of nitrogens with one attached hydrogen (secondary N) is 2. The summed E-state index contributed by atoms with van der Waals surface area (Å²) in [4.78, 5) is 7.38. The monoisotopic (exact) mass is 450 g/mol. The van der Waals surface area contributed by atoms with Gasteiger partial charge in [0.05, 0.1) is 24.8 Å². The van der Waals surface area contributed by atoms with Crippen molar-refractivity contribution in [3.63, 3.8) is 0 Å². The first kappa shape index (κ1) is 20.2. The van der Waals surface area contributed by atoms with Crippen molar-refractivity contribution < 1.29 is 4.74 Å². The topological polar surface area (TPSA) is 48.9 Å². The van der Waals surface area contributed by atoms with Gasteiger partial charge in [-0.25, -0.2) is 0 Å². The second kappa shape index (κ2) is 9.03. The molecule has 2 bridgehead atoms. The molecule has 0 radical (unpaired) electrons. The molecule has 3 rings (SSSR count). The van der Waals surface area contributed by atoms with E-state index in [1.165, 1.54) is 44.9 Å². The van der Waals surface area contributed by atoms with Gasteiger partial charge in [-0.15, -0.1) is 24.0 Å². The van der Waals surface area contributed by atoms with Gasteiger partial charge < -0.3 is 20.3 Å². The van der Waals surface area contributed by atoms with E-state index < -0.39 is 0 Å². The summed E-state index contributed by atoms with van der Waals surface area (Å²) in [7, 11) is 4.43. The number of fused-ring (bicyclic) bond motifs is 2. The van der Waals surface area contributed by atoms with Gasteiger partial charge in [-0.05, 0) is 53.1 Å². The Labute approximate surface area is 164 Å². The van der Waals surface area contributed by atoms with Crippen molar-refractivity contribution in [2.75, 3.05) is 27.2 Å². The van der Waals surface area contributed by atoms with Crippen LogP contribution in [0.4, 0.5) is 0 Å². The zero-order chi connectivity index (χ0) is 16.3. The molecule has 0 aromatic heterocycles. The zero-order valence-corrected chi connectivity index (χ0v) is 17.8. The van der Waals surface area contributed by atoms with Gasteiger partial charge >= 0.3 is 0 Å². The lowest BCUT2D eigenvalue weighted by Gasteiger charge is -2.42. The maximum absolute atomic E-state index is 5.96. The molecule has 2 aliphatic heterocycles. The molecule has 24 heavy (non-hydrogen) atoms. The molecule has 3 unspecified atom stereocenters. The maximum Gasteiger partial charge on any atom is 0.191 e. The van der Waals surface area contributed by atoms with Gasteiger partial charge in [-0.3, -0.25) is 4.99 Å². The lowest BCUT2D eigenvalue weighted by molar-refractivity contribution is 0.0990. The lowest BCUT2D eigenvalue weighted by atomic mass is 9.81. The minimum atomic E-state index is 0. The fraction of sp³-hybridized carbons (Fsp3) is 0.944. The van der Waals surface area contributed by atoms with E-state index in [1.54, 1.807) is 0 Å². The van der Waals surface area contributed by atoms with Crippen LogP contribution < -0.4 is 10.6 Å². The van der Waals surface area contributed by atoms with Crippen molar-refractivity contribution in [3.05, 3.63) is 0 Å². The number of nitrogens with zero attached hydrogens (tertiary/aromatic N) is 2. The Morgan fingerprint density at radius 2 is 1.96 bits per heavy atom. The number of likely N-dealkylation sites (N-methyl/N-ethyl adjacent to an activating group) is 1. The van der Waals surface area contributed by atoms with Gasteiger partial charge in [0.25, 0.3) is 0 Å². The molecule has 1 aliphatic carbocycles. The first-order chi connectivity index (χ1) is 11.1. The van der Waals surface area contributed by atoms with Gasteiger partial charge in [-0.2, -0.15) is 0 Å². The SMILES string of the molecule is CCNC(=NCC1(N(C)C)CCCCC1)NC1CC2CCC1O2.I. The van der Waals surface area contributed by atoms with E-state index in [4.69, 9.17) is 9.73 Å². The smallest absolute Gasteiger partial charge is 0.191 e. The molecule has 0 aromatic carbocycles. The van der Waals surface area contributed by atoms with E-state index in [-0.39, 0.29) is 29.5 Å². The maximum atomic E-state index is 5.96. The van der Waals surface area contributed by atoms with Gasteiger partial charge in [0, 0.05) is 12.1 Å². The Kier molecular flexibility index (Phi) is 7.61. The highest BCUT2D eigenvalue weighted by Gasteiger charge is 2.41. The molecule has 0 aromatic rings. The van der Waals surface area contributed by atoms with E-state index in [2.05, 4.69) is 36.6 Å². The summed E-state index contributed by atoms with van der Waals surface area (Å²) in [5.41, 5.74) is 0.242. The molecule has 2 N–H and O–H groups in total. The quantitative estimate of drug-likeness (QED) is 0.384. The first-order valence-corrected chi connectivity index (χ1v) is 9.51. The largest absolute Gasteiger partial charge is 0.373 e. The fourth-order valence-electron chi connectivity index (χ4n) is 4.47. The first-order valence-electron chi connectivity index (χ1n) is 9.51. The van der Waals surface area contributed by atoms with Crippen molar-refractivity contribution in [1.29, 1.82) is 0 Å². The summed E-state index contributed by atoms with van der Waals surface area (Å²) in [5.74, 6) is 0.973. The van der Waals surface area contributed by atoms with Gasteiger partial charge in [0.15, 0.2) is 5.96 Å². The van der Waals surface area contributed by atoms with Crippen LogP contribution in [0.3, 0.4) is 0 Å². The Morgan fingerprint density at radius 3 is 2.50 bits per heavy atom. The number of guanidine groups is 1. The predicted octanol–water partition coefficient (Wildman–Crippen LogP) is 2.74. The highest BCUT2D eigenvalue weighted by molar-refractivity contribution is 14.0. The van der Waals surface area contributed by atoms with Crippen LogP contribution in [0.15, 0.2) is 4.99 Å². The zero-order valence-electron chi connectivity index (χ0n) is 15.5.